The molecule has 1 aliphatic rings. The number of rotatable bonds is 8. The van der Waals surface area contributed by atoms with Crippen molar-refractivity contribution in [1.29, 1.82) is 0 Å². The lowest BCUT2D eigenvalue weighted by atomic mass is 10.0. The third kappa shape index (κ3) is 6.23. The average molecular weight is 425 g/mol. The van der Waals surface area contributed by atoms with E-state index in [-0.39, 0.29) is 17.9 Å². The first-order valence-electron chi connectivity index (χ1n) is 10.9. The molecule has 6 nitrogen and oxygen atoms in total. The molecule has 1 N–H and O–H groups in total. The van der Waals surface area contributed by atoms with E-state index < -0.39 is 0 Å². The molecule has 1 aliphatic heterocycles. The van der Waals surface area contributed by atoms with Crippen molar-refractivity contribution in [2.45, 2.75) is 39.2 Å². The zero-order chi connectivity index (χ0) is 22.2. The first kappa shape index (κ1) is 22.7. The summed E-state index contributed by atoms with van der Waals surface area (Å²) in [4.78, 5) is 27.2. The zero-order valence-electron chi connectivity index (χ0n) is 18.6. The van der Waals surface area contributed by atoms with Crippen molar-refractivity contribution in [3.63, 3.8) is 0 Å². The number of carbonyl (C=O) groups excluding carboxylic acids is 2. The van der Waals surface area contributed by atoms with E-state index in [2.05, 4.69) is 19.2 Å². The first-order chi connectivity index (χ1) is 15.0. The molecule has 1 fully saturated rings. The van der Waals surface area contributed by atoms with Gasteiger partial charge in [-0.15, -0.1) is 0 Å². The van der Waals surface area contributed by atoms with Crippen molar-refractivity contribution in [2.75, 3.05) is 26.8 Å². The highest BCUT2D eigenvalue weighted by Gasteiger charge is 2.25. The van der Waals surface area contributed by atoms with Gasteiger partial charge in [0.25, 0.3) is 11.8 Å². The van der Waals surface area contributed by atoms with Crippen LogP contribution in [0.1, 0.15) is 53.8 Å². The van der Waals surface area contributed by atoms with Crippen molar-refractivity contribution in [3.05, 3.63) is 59.7 Å². The minimum Gasteiger partial charge on any atom is -0.493 e. The number of methoxy groups -OCH3 is 1. The van der Waals surface area contributed by atoms with Crippen LogP contribution in [-0.4, -0.2) is 49.6 Å². The van der Waals surface area contributed by atoms with Crippen LogP contribution in [0.15, 0.2) is 48.5 Å². The molecule has 0 saturated carbocycles. The normalized spacial score (nSPS) is 14.4. The Balaban J connectivity index is 1.54. The summed E-state index contributed by atoms with van der Waals surface area (Å²) in [5.74, 6) is 1.69. The van der Waals surface area contributed by atoms with E-state index in [9.17, 15) is 9.59 Å². The van der Waals surface area contributed by atoms with Crippen molar-refractivity contribution in [1.82, 2.24) is 10.2 Å². The highest BCUT2D eigenvalue weighted by atomic mass is 16.5. The molecule has 0 aliphatic carbocycles. The number of piperidine rings is 1. The number of ether oxygens (including phenoxy) is 2. The number of carbonyl (C=O) groups is 2. The average Bonchev–Trinajstić information content (AvgIpc) is 2.79. The van der Waals surface area contributed by atoms with E-state index >= 15 is 0 Å². The summed E-state index contributed by atoms with van der Waals surface area (Å²) in [6, 6.07) is 14.6. The van der Waals surface area contributed by atoms with Crippen LogP contribution < -0.4 is 14.8 Å². The second-order valence-electron chi connectivity index (χ2n) is 8.30. The van der Waals surface area contributed by atoms with Crippen molar-refractivity contribution in [2.24, 2.45) is 5.92 Å². The standard InChI is InChI=1S/C25H32N2O4/c1-18(2)13-16-31-22-10-9-20(17-23(22)30-3)25(29)27-14-11-21(12-15-27)26-24(28)19-7-5-4-6-8-19/h4-10,17-18,21H,11-16H2,1-3H3,(H,26,28). The summed E-state index contributed by atoms with van der Waals surface area (Å²) >= 11 is 0. The number of hydrogen-bond acceptors (Lipinski definition) is 4. The molecular formula is C25H32N2O4. The fourth-order valence-electron chi connectivity index (χ4n) is 3.59. The lowest BCUT2D eigenvalue weighted by Crippen LogP contribution is -2.46. The molecule has 166 valence electrons. The van der Waals surface area contributed by atoms with Gasteiger partial charge in [-0.3, -0.25) is 9.59 Å². The molecule has 1 heterocycles. The number of hydrogen-bond donors (Lipinski definition) is 1. The molecule has 2 amide bonds. The number of benzene rings is 2. The Morgan fingerprint density at radius 1 is 1.03 bits per heavy atom. The van der Waals surface area contributed by atoms with E-state index in [1.807, 2.05) is 23.1 Å². The predicted molar refractivity (Wildman–Crippen MR) is 121 cm³/mol. The van der Waals surface area contributed by atoms with Gasteiger partial charge < -0.3 is 19.7 Å². The molecule has 0 radical (unpaired) electrons. The van der Waals surface area contributed by atoms with Crippen LogP contribution in [0, 0.1) is 5.92 Å². The largest absolute Gasteiger partial charge is 0.493 e. The maximum atomic E-state index is 13.0. The Labute approximate surface area is 184 Å². The van der Waals surface area contributed by atoms with Crippen molar-refractivity contribution in [3.8, 4) is 11.5 Å². The van der Waals surface area contributed by atoms with Gasteiger partial charge in [-0.25, -0.2) is 0 Å². The molecule has 0 spiro atoms. The molecular weight excluding hydrogens is 392 g/mol. The van der Waals surface area contributed by atoms with Gasteiger partial charge in [0, 0.05) is 30.3 Å². The van der Waals surface area contributed by atoms with Crippen molar-refractivity contribution < 1.29 is 19.1 Å². The SMILES string of the molecule is COc1cc(C(=O)N2CCC(NC(=O)c3ccccc3)CC2)ccc1OCCC(C)C. The van der Waals surface area contributed by atoms with Gasteiger partial charge in [-0.2, -0.15) is 0 Å². The fraction of sp³-hybridized carbons (Fsp3) is 0.440. The Bertz CT molecular complexity index is 874. The number of nitrogens with one attached hydrogen (secondary N) is 1. The van der Waals surface area contributed by atoms with E-state index in [1.165, 1.54) is 0 Å². The zero-order valence-corrected chi connectivity index (χ0v) is 18.6. The van der Waals surface area contributed by atoms with E-state index in [4.69, 9.17) is 9.47 Å². The maximum Gasteiger partial charge on any atom is 0.253 e. The summed E-state index contributed by atoms with van der Waals surface area (Å²) in [7, 11) is 1.58. The van der Waals surface area contributed by atoms with E-state index in [1.54, 1.807) is 37.4 Å². The summed E-state index contributed by atoms with van der Waals surface area (Å²) in [6.45, 7) is 6.13. The molecule has 2 aromatic rings. The monoisotopic (exact) mass is 424 g/mol. The third-order valence-corrected chi connectivity index (χ3v) is 5.52. The van der Waals surface area contributed by atoms with Gasteiger partial charge in [-0.05, 0) is 55.5 Å². The Hall–Kier alpha value is -3.02. The quantitative estimate of drug-likeness (QED) is 0.691. The second kappa shape index (κ2) is 10.8. The fourth-order valence-corrected chi connectivity index (χ4v) is 3.59. The second-order valence-corrected chi connectivity index (χ2v) is 8.30. The lowest BCUT2D eigenvalue weighted by molar-refractivity contribution is 0.0697. The third-order valence-electron chi connectivity index (χ3n) is 5.52. The molecule has 0 aromatic heterocycles. The molecule has 3 rings (SSSR count). The predicted octanol–water partition coefficient (Wildman–Crippen LogP) is 4.15. The van der Waals surface area contributed by atoms with Gasteiger partial charge in [0.1, 0.15) is 0 Å². The molecule has 0 atom stereocenters. The first-order valence-corrected chi connectivity index (χ1v) is 10.9. The van der Waals surface area contributed by atoms with Crippen LogP contribution in [0.4, 0.5) is 0 Å². The van der Waals surface area contributed by atoms with Crippen LogP contribution in [-0.2, 0) is 0 Å². The smallest absolute Gasteiger partial charge is 0.253 e. The topological polar surface area (TPSA) is 67.9 Å². The van der Waals surface area contributed by atoms with Crippen LogP contribution in [0.3, 0.4) is 0 Å². The Kier molecular flexibility index (Phi) is 7.93. The highest BCUT2D eigenvalue weighted by molar-refractivity contribution is 5.95. The summed E-state index contributed by atoms with van der Waals surface area (Å²) in [5, 5.41) is 3.07. The number of likely N-dealkylation sites (tertiary alicyclic amines) is 1. The highest BCUT2D eigenvalue weighted by Crippen LogP contribution is 2.29. The van der Waals surface area contributed by atoms with Crippen LogP contribution in [0.2, 0.25) is 0 Å². The maximum absolute atomic E-state index is 13.0. The minimum atomic E-state index is -0.0665. The molecule has 6 heteroatoms. The van der Waals surface area contributed by atoms with Crippen LogP contribution in [0.5, 0.6) is 11.5 Å². The molecule has 1 saturated heterocycles. The molecule has 31 heavy (non-hydrogen) atoms. The van der Waals surface area contributed by atoms with Crippen molar-refractivity contribution >= 4 is 11.8 Å². The summed E-state index contributed by atoms with van der Waals surface area (Å²) in [5.41, 5.74) is 1.24. The van der Waals surface area contributed by atoms with E-state index in [0.717, 1.165) is 19.3 Å². The van der Waals surface area contributed by atoms with Crippen LogP contribution >= 0.6 is 0 Å². The van der Waals surface area contributed by atoms with Crippen LogP contribution in [0.25, 0.3) is 0 Å². The van der Waals surface area contributed by atoms with E-state index in [0.29, 0.717) is 48.2 Å². The molecule has 0 bridgehead atoms. The van der Waals surface area contributed by atoms with Gasteiger partial charge in [0.15, 0.2) is 11.5 Å². The Morgan fingerprint density at radius 3 is 2.39 bits per heavy atom. The summed E-state index contributed by atoms with van der Waals surface area (Å²) in [6.07, 6.45) is 2.43. The lowest BCUT2D eigenvalue weighted by Gasteiger charge is -2.32. The van der Waals surface area contributed by atoms with Gasteiger partial charge in [0.05, 0.1) is 13.7 Å². The number of nitrogens with zero attached hydrogens (tertiary/aromatic N) is 1. The molecule has 2 aromatic carbocycles. The Morgan fingerprint density at radius 2 is 1.74 bits per heavy atom. The number of amides is 2. The van der Waals surface area contributed by atoms with Gasteiger partial charge in [-0.1, -0.05) is 32.0 Å². The molecule has 0 unspecified atom stereocenters. The summed E-state index contributed by atoms with van der Waals surface area (Å²) < 4.78 is 11.3. The minimum absolute atomic E-state index is 0.0279. The van der Waals surface area contributed by atoms with Gasteiger partial charge in [0.2, 0.25) is 0 Å². The van der Waals surface area contributed by atoms with Gasteiger partial charge >= 0.3 is 0 Å².